The number of nitrogens with one attached hydrogen (secondary N) is 1. The Morgan fingerprint density at radius 2 is 1.95 bits per heavy atom. The van der Waals surface area contributed by atoms with Crippen molar-refractivity contribution >= 4 is 21.6 Å². The zero-order valence-corrected chi connectivity index (χ0v) is 13.9. The molecule has 0 aliphatic heterocycles. The molecule has 0 aliphatic carbocycles. The summed E-state index contributed by atoms with van der Waals surface area (Å²) in [6.07, 6.45) is 1.17. The highest BCUT2D eigenvalue weighted by Crippen LogP contribution is 2.25. The summed E-state index contributed by atoms with van der Waals surface area (Å²) in [4.78, 5) is 0. The molecule has 0 saturated carbocycles. The monoisotopic (exact) mass is 356 g/mol. The van der Waals surface area contributed by atoms with Gasteiger partial charge in [0.25, 0.3) is 0 Å². The average molecular weight is 357 g/mol. The second kappa shape index (κ2) is 7.77. The summed E-state index contributed by atoms with van der Waals surface area (Å²) < 4.78 is 6.74. The van der Waals surface area contributed by atoms with Crippen LogP contribution in [0.25, 0.3) is 0 Å². The van der Waals surface area contributed by atoms with Crippen molar-refractivity contribution in [1.82, 2.24) is 0 Å². The average Bonchev–Trinajstić information content (AvgIpc) is 2.53. The molecule has 0 aromatic heterocycles. The number of halogens is 1. The van der Waals surface area contributed by atoms with Gasteiger partial charge >= 0.3 is 0 Å². The molecule has 2 rings (SSSR count). The SMILES string of the molecule is CC[C@@H](CC#N)C(=N)c1ccc(Oc2cccc(Br)c2)cc1. The number of hydrogen-bond donors (Lipinski definition) is 1. The fourth-order valence-corrected chi connectivity index (χ4v) is 2.54. The van der Waals surface area contributed by atoms with E-state index in [4.69, 9.17) is 15.4 Å². The van der Waals surface area contributed by atoms with Crippen molar-refractivity contribution in [3.8, 4) is 17.6 Å². The number of rotatable bonds is 6. The number of nitrogens with zero attached hydrogens (tertiary/aromatic N) is 1. The van der Waals surface area contributed by atoms with Gasteiger partial charge in [0, 0.05) is 22.5 Å². The lowest BCUT2D eigenvalue weighted by atomic mass is 9.92. The number of benzene rings is 2. The summed E-state index contributed by atoms with van der Waals surface area (Å²) in [5.74, 6) is 1.47. The van der Waals surface area contributed by atoms with Crippen LogP contribution in [0.3, 0.4) is 0 Å². The van der Waals surface area contributed by atoms with Gasteiger partial charge in [0.15, 0.2) is 0 Å². The molecule has 0 spiro atoms. The second-order valence-corrected chi connectivity index (χ2v) is 5.88. The van der Waals surface area contributed by atoms with Crippen LogP contribution in [0.4, 0.5) is 0 Å². The fourth-order valence-electron chi connectivity index (χ4n) is 2.17. The Balaban J connectivity index is 2.10. The molecular weight excluding hydrogens is 340 g/mol. The van der Waals surface area contributed by atoms with Crippen molar-refractivity contribution in [3.05, 3.63) is 58.6 Å². The third-order valence-electron chi connectivity index (χ3n) is 3.44. The molecule has 0 bridgehead atoms. The quantitative estimate of drug-likeness (QED) is 0.689. The molecule has 0 amide bonds. The number of hydrogen-bond acceptors (Lipinski definition) is 3. The first-order chi connectivity index (χ1) is 10.6. The zero-order chi connectivity index (χ0) is 15.9. The minimum absolute atomic E-state index is 0.0122. The van der Waals surface area contributed by atoms with Gasteiger partial charge < -0.3 is 10.1 Å². The molecule has 2 aromatic rings. The predicted octanol–water partition coefficient (Wildman–Crippen LogP) is 5.55. The molecule has 0 radical (unpaired) electrons. The van der Waals surface area contributed by atoms with Crippen LogP contribution in [0.15, 0.2) is 53.0 Å². The molecule has 1 N–H and O–H groups in total. The third kappa shape index (κ3) is 4.19. The first-order valence-corrected chi connectivity index (χ1v) is 7.92. The summed E-state index contributed by atoms with van der Waals surface area (Å²) in [5, 5.41) is 17.0. The molecule has 0 aliphatic rings. The molecule has 0 fully saturated rings. The van der Waals surface area contributed by atoms with Crippen molar-refractivity contribution in [2.75, 3.05) is 0 Å². The highest BCUT2D eigenvalue weighted by Gasteiger charge is 2.14. The van der Waals surface area contributed by atoms with Crippen LogP contribution in [-0.4, -0.2) is 5.71 Å². The van der Waals surface area contributed by atoms with E-state index >= 15 is 0 Å². The van der Waals surface area contributed by atoms with Crippen LogP contribution < -0.4 is 4.74 Å². The van der Waals surface area contributed by atoms with Crippen molar-refractivity contribution in [2.24, 2.45) is 5.92 Å². The summed E-state index contributed by atoms with van der Waals surface area (Å²) in [6.45, 7) is 2.00. The second-order valence-electron chi connectivity index (χ2n) is 4.96. The Morgan fingerprint density at radius 1 is 1.23 bits per heavy atom. The van der Waals surface area contributed by atoms with Crippen LogP contribution in [-0.2, 0) is 0 Å². The van der Waals surface area contributed by atoms with Crippen LogP contribution in [0.2, 0.25) is 0 Å². The van der Waals surface area contributed by atoms with Gasteiger partial charge in [0.05, 0.1) is 6.07 Å². The molecule has 0 unspecified atom stereocenters. The van der Waals surface area contributed by atoms with Gasteiger partial charge in [-0.15, -0.1) is 0 Å². The van der Waals surface area contributed by atoms with E-state index in [-0.39, 0.29) is 5.92 Å². The molecule has 22 heavy (non-hydrogen) atoms. The van der Waals surface area contributed by atoms with Crippen molar-refractivity contribution in [3.63, 3.8) is 0 Å². The molecule has 112 valence electrons. The van der Waals surface area contributed by atoms with Gasteiger partial charge in [0.1, 0.15) is 11.5 Å². The summed E-state index contributed by atoms with van der Waals surface area (Å²) in [5.41, 5.74) is 1.35. The maximum Gasteiger partial charge on any atom is 0.128 e. The Bertz CT molecular complexity index is 689. The lowest BCUT2D eigenvalue weighted by Gasteiger charge is -2.13. The van der Waals surface area contributed by atoms with E-state index in [1.165, 1.54) is 0 Å². The Hall–Kier alpha value is -2.12. The van der Waals surface area contributed by atoms with E-state index in [0.29, 0.717) is 12.1 Å². The van der Waals surface area contributed by atoms with Gasteiger partial charge in [-0.2, -0.15) is 5.26 Å². The maximum absolute atomic E-state index is 8.82. The van der Waals surface area contributed by atoms with Crippen LogP contribution in [0.5, 0.6) is 11.5 Å². The van der Waals surface area contributed by atoms with Crippen molar-refractivity contribution in [2.45, 2.75) is 19.8 Å². The topological polar surface area (TPSA) is 56.9 Å². The molecule has 1 atom stereocenters. The van der Waals surface area contributed by atoms with E-state index < -0.39 is 0 Å². The largest absolute Gasteiger partial charge is 0.457 e. The third-order valence-corrected chi connectivity index (χ3v) is 3.93. The standard InChI is InChI=1S/C18H17BrN2O/c1-2-13(10-11-20)18(21)14-6-8-16(9-7-14)22-17-5-3-4-15(19)12-17/h3-9,12-13,21H,2,10H2,1H3/t13-/m0/s1. The zero-order valence-electron chi connectivity index (χ0n) is 12.3. The lowest BCUT2D eigenvalue weighted by molar-refractivity contribution is 0.482. The van der Waals surface area contributed by atoms with Gasteiger partial charge in [-0.25, -0.2) is 0 Å². The fraction of sp³-hybridized carbons (Fsp3) is 0.222. The van der Waals surface area contributed by atoms with Gasteiger partial charge in [-0.3, -0.25) is 0 Å². The van der Waals surface area contributed by atoms with Crippen LogP contribution >= 0.6 is 15.9 Å². The highest BCUT2D eigenvalue weighted by atomic mass is 79.9. The Labute approximate surface area is 139 Å². The molecule has 2 aromatic carbocycles. The Kier molecular flexibility index (Phi) is 5.74. The van der Waals surface area contributed by atoms with Gasteiger partial charge in [-0.1, -0.05) is 28.9 Å². The van der Waals surface area contributed by atoms with Crippen LogP contribution in [0, 0.1) is 22.7 Å². The first-order valence-electron chi connectivity index (χ1n) is 7.13. The smallest absolute Gasteiger partial charge is 0.128 e. The van der Waals surface area contributed by atoms with Crippen molar-refractivity contribution in [1.29, 1.82) is 10.7 Å². The molecule has 3 nitrogen and oxygen atoms in total. The first kappa shape index (κ1) is 16.3. The predicted molar refractivity (Wildman–Crippen MR) is 91.5 cm³/mol. The minimum atomic E-state index is -0.0122. The van der Waals surface area contributed by atoms with Gasteiger partial charge in [-0.05, 0) is 54.4 Å². The van der Waals surface area contributed by atoms with Gasteiger partial charge in [0.2, 0.25) is 0 Å². The Morgan fingerprint density at radius 3 is 2.55 bits per heavy atom. The summed E-state index contributed by atoms with van der Waals surface area (Å²) in [6, 6.07) is 17.2. The van der Waals surface area contributed by atoms with E-state index in [9.17, 15) is 0 Å². The molecule has 0 heterocycles. The van der Waals surface area contributed by atoms with Crippen LogP contribution in [0.1, 0.15) is 25.3 Å². The summed E-state index contributed by atoms with van der Waals surface area (Å²) in [7, 11) is 0. The van der Waals surface area contributed by atoms with Crippen molar-refractivity contribution < 1.29 is 4.74 Å². The number of ether oxygens (including phenoxy) is 1. The maximum atomic E-state index is 8.82. The van der Waals surface area contributed by atoms with E-state index in [1.807, 2.05) is 55.5 Å². The minimum Gasteiger partial charge on any atom is -0.457 e. The normalized spacial score (nSPS) is 11.5. The van der Waals surface area contributed by atoms with E-state index in [1.54, 1.807) is 0 Å². The summed E-state index contributed by atoms with van der Waals surface area (Å²) >= 11 is 3.41. The molecule has 0 saturated heterocycles. The lowest BCUT2D eigenvalue weighted by Crippen LogP contribution is -2.13. The molecular formula is C18H17BrN2O. The molecule has 4 heteroatoms. The number of nitriles is 1. The highest BCUT2D eigenvalue weighted by molar-refractivity contribution is 9.10. The van der Waals surface area contributed by atoms with E-state index in [2.05, 4.69) is 22.0 Å². The van der Waals surface area contributed by atoms with E-state index in [0.717, 1.165) is 28.0 Å².